The topological polar surface area (TPSA) is 94.6 Å². The number of anilines is 1. The minimum atomic E-state index is -0.595. The molecule has 2 aromatic carbocycles. The van der Waals surface area contributed by atoms with Crippen LogP contribution in [0.25, 0.3) is 11.0 Å². The van der Waals surface area contributed by atoms with Crippen molar-refractivity contribution in [1.29, 1.82) is 0 Å². The van der Waals surface area contributed by atoms with Crippen molar-refractivity contribution in [1.82, 2.24) is 0 Å². The molecule has 6 nitrogen and oxygen atoms in total. The van der Waals surface area contributed by atoms with Crippen molar-refractivity contribution in [3.8, 4) is 5.75 Å². The second-order valence-electron chi connectivity index (χ2n) is 6.62. The Hall–Kier alpha value is -3.28. The van der Waals surface area contributed by atoms with Crippen LogP contribution in [-0.2, 0) is 17.6 Å². The van der Waals surface area contributed by atoms with Gasteiger partial charge in [0.15, 0.2) is 6.61 Å². The molecule has 0 fully saturated rings. The normalized spacial score (nSPS) is 13.2. The number of para-hydroxylation sites is 1. The summed E-state index contributed by atoms with van der Waals surface area (Å²) in [5, 5.41) is 3.72. The first-order valence-electron chi connectivity index (χ1n) is 8.97. The van der Waals surface area contributed by atoms with Crippen molar-refractivity contribution < 1.29 is 18.7 Å². The third-order valence-electron chi connectivity index (χ3n) is 4.76. The molecule has 6 heteroatoms. The first-order chi connectivity index (χ1) is 13.1. The van der Waals surface area contributed by atoms with Crippen LogP contribution in [-0.4, -0.2) is 18.4 Å². The van der Waals surface area contributed by atoms with Gasteiger partial charge in [0, 0.05) is 17.4 Å². The second kappa shape index (κ2) is 7.15. The third kappa shape index (κ3) is 3.51. The molecule has 3 aromatic rings. The van der Waals surface area contributed by atoms with Gasteiger partial charge in [-0.3, -0.25) is 9.59 Å². The molecule has 0 saturated carbocycles. The molecule has 1 aliphatic carbocycles. The summed E-state index contributed by atoms with van der Waals surface area (Å²) in [7, 11) is 0. The van der Waals surface area contributed by atoms with Gasteiger partial charge in [-0.05, 0) is 49.6 Å². The van der Waals surface area contributed by atoms with Gasteiger partial charge in [0.1, 0.15) is 17.1 Å². The highest BCUT2D eigenvalue weighted by Gasteiger charge is 2.18. The monoisotopic (exact) mass is 364 g/mol. The molecule has 0 aliphatic heterocycles. The maximum atomic E-state index is 12.2. The van der Waals surface area contributed by atoms with Gasteiger partial charge >= 0.3 is 0 Å². The number of benzene rings is 2. The first kappa shape index (κ1) is 17.1. The molecule has 1 aromatic heterocycles. The fourth-order valence-electron chi connectivity index (χ4n) is 3.47. The molecule has 4 rings (SSSR count). The lowest BCUT2D eigenvalue weighted by molar-refractivity contribution is -0.118. The predicted octanol–water partition coefficient (Wildman–Crippen LogP) is 3.43. The SMILES string of the molecule is NC(=O)c1ccccc1NC(=O)COc1ccc2oc3c(c2c1)CCCC3. The maximum absolute atomic E-state index is 12.2. The number of nitrogens with one attached hydrogen (secondary N) is 1. The Morgan fingerprint density at radius 2 is 1.93 bits per heavy atom. The number of nitrogens with two attached hydrogens (primary N) is 1. The van der Waals surface area contributed by atoms with E-state index in [0.29, 0.717) is 11.4 Å². The summed E-state index contributed by atoms with van der Waals surface area (Å²) < 4.78 is 11.5. The van der Waals surface area contributed by atoms with E-state index in [1.165, 1.54) is 5.56 Å². The van der Waals surface area contributed by atoms with Crippen LogP contribution in [0.15, 0.2) is 46.9 Å². The highest BCUT2D eigenvalue weighted by Crippen LogP contribution is 2.33. The summed E-state index contributed by atoms with van der Waals surface area (Å²) in [5.41, 5.74) is 8.06. The van der Waals surface area contributed by atoms with Gasteiger partial charge in [0.25, 0.3) is 11.8 Å². The Balaban J connectivity index is 1.46. The van der Waals surface area contributed by atoms with E-state index in [9.17, 15) is 9.59 Å². The first-order valence-corrected chi connectivity index (χ1v) is 8.97. The minimum absolute atomic E-state index is 0.168. The van der Waals surface area contributed by atoms with Crippen LogP contribution < -0.4 is 15.8 Å². The lowest BCUT2D eigenvalue weighted by atomic mass is 9.96. The number of carbonyl (C=O) groups excluding carboxylic acids is 2. The number of carbonyl (C=O) groups is 2. The molecule has 3 N–H and O–H groups in total. The lowest BCUT2D eigenvalue weighted by Crippen LogP contribution is -2.22. The van der Waals surface area contributed by atoms with E-state index in [2.05, 4.69) is 5.32 Å². The zero-order valence-corrected chi connectivity index (χ0v) is 14.8. The van der Waals surface area contributed by atoms with E-state index in [4.69, 9.17) is 14.9 Å². The number of hydrogen-bond acceptors (Lipinski definition) is 4. The van der Waals surface area contributed by atoms with Crippen LogP contribution >= 0.6 is 0 Å². The Morgan fingerprint density at radius 1 is 1.11 bits per heavy atom. The Bertz CT molecular complexity index is 1020. The largest absolute Gasteiger partial charge is 0.484 e. The van der Waals surface area contributed by atoms with Gasteiger partial charge in [-0.25, -0.2) is 0 Å². The van der Waals surface area contributed by atoms with Crippen LogP contribution in [0.4, 0.5) is 5.69 Å². The van der Waals surface area contributed by atoms with Crippen molar-refractivity contribution in [3.63, 3.8) is 0 Å². The number of furan rings is 1. The second-order valence-corrected chi connectivity index (χ2v) is 6.62. The molecular formula is C21H20N2O4. The standard InChI is InChI=1S/C21H20N2O4/c22-21(25)15-6-1-3-7-17(15)23-20(24)12-26-13-9-10-19-16(11-13)14-5-2-4-8-18(14)27-19/h1,3,6-7,9-11H,2,4-5,8,12H2,(H2,22,25)(H,23,24). The molecule has 138 valence electrons. The van der Waals surface area contributed by atoms with Gasteiger partial charge in [-0.15, -0.1) is 0 Å². The number of hydrogen-bond donors (Lipinski definition) is 2. The van der Waals surface area contributed by atoms with Crippen LogP contribution in [0.2, 0.25) is 0 Å². The number of aryl methyl sites for hydroxylation is 2. The summed E-state index contributed by atoms with van der Waals surface area (Å²) in [6, 6.07) is 12.2. The zero-order valence-electron chi connectivity index (χ0n) is 14.8. The van der Waals surface area contributed by atoms with Crippen molar-refractivity contribution >= 4 is 28.5 Å². The molecule has 0 bridgehead atoms. The summed E-state index contributed by atoms with van der Waals surface area (Å²) in [6.07, 6.45) is 4.30. The maximum Gasteiger partial charge on any atom is 0.262 e. The third-order valence-corrected chi connectivity index (χ3v) is 4.76. The van der Waals surface area contributed by atoms with E-state index < -0.39 is 5.91 Å². The predicted molar refractivity (Wildman–Crippen MR) is 102 cm³/mol. The lowest BCUT2D eigenvalue weighted by Gasteiger charge is -2.10. The Kier molecular flexibility index (Phi) is 4.54. The van der Waals surface area contributed by atoms with Crippen molar-refractivity contribution in [2.45, 2.75) is 25.7 Å². The highest BCUT2D eigenvalue weighted by molar-refractivity contribution is 6.03. The van der Waals surface area contributed by atoms with Crippen LogP contribution in [0.3, 0.4) is 0 Å². The van der Waals surface area contributed by atoms with Gasteiger partial charge in [0.2, 0.25) is 0 Å². The molecule has 2 amide bonds. The summed E-state index contributed by atoms with van der Waals surface area (Å²) in [6.45, 7) is -0.168. The number of rotatable bonds is 5. The summed E-state index contributed by atoms with van der Waals surface area (Å²) in [4.78, 5) is 23.6. The van der Waals surface area contributed by atoms with Crippen LogP contribution in [0.1, 0.15) is 34.5 Å². The van der Waals surface area contributed by atoms with E-state index >= 15 is 0 Å². The highest BCUT2D eigenvalue weighted by atomic mass is 16.5. The van der Waals surface area contributed by atoms with Crippen molar-refractivity contribution in [3.05, 3.63) is 59.4 Å². The average Bonchev–Trinajstić information content (AvgIpc) is 3.04. The minimum Gasteiger partial charge on any atom is -0.484 e. The fourth-order valence-corrected chi connectivity index (χ4v) is 3.47. The average molecular weight is 364 g/mol. The molecule has 0 unspecified atom stereocenters. The summed E-state index contributed by atoms with van der Waals surface area (Å²) >= 11 is 0. The molecule has 27 heavy (non-hydrogen) atoms. The van der Waals surface area contributed by atoms with E-state index in [-0.39, 0.29) is 18.1 Å². The zero-order chi connectivity index (χ0) is 18.8. The number of amides is 2. The van der Waals surface area contributed by atoms with Gasteiger partial charge < -0.3 is 20.2 Å². The molecule has 1 aliphatic rings. The van der Waals surface area contributed by atoms with Gasteiger partial charge in [-0.1, -0.05) is 12.1 Å². The molecule has 0 spiro atoms. The van der Waals surface area contributed by atoms with E-state index in [1.54, 1.807) is 30.3 Å². The molecule has 0 atom stereocenters. The molecule has 0 saturated heterocycles. The smallest absolute Gasteiger partial charge is 0.262 e. The Morgan fingerprint density at radius 3 is 2.78 bits per heavy atom. The number of ether oxygens (including phenoxy) is 1. The number of fused-ring (bicyclic) bond motifs is 3. The molecule has 1 heterocycles. The fraction of sp³-hybridized carbons (Fsp3) is 0.238. The van der Waals surface area contributed by atoms with Crippen LogP contribution in [0.5, 0.6) is 5.75 Å². The van der Waals surface area contributed by atoms with Gasteiger partial charge in [-0.2, -0.15) is 0 Å². The Labute approximate surface area is 156 Å². The van der Waals surface area contributed by atoms with Crippen molar-refractivity contribution in [2.75, 3.05) is 11.9 Å². The number of primary amides is 1. The molecular weight excluding hydrogens is 344 g/mol. The van der Waals surface area contributed by atoms with E-state index in [0.717, 1.165) is 42.4 Å². The summed E-state index contributed by atoms with van der Waals surface area (Å²) in [5.74, 6) is 0.712. The van der Waals surface area contributed by atoms with Gasteiger partial charge in [0.05, 0.1) is 11.3 Å². The van der Waals surface area contributed by atoms with Crippen molar-refractivity contribution in [2.24, 2.45) is 5.73 Å². The van der Waals surface area contributed by atoms with E-state index in [1.807, 2.05) is 12.1 Å². The van der Waals surface area contributed by atoms with Crippen LogP contribution in [0, 0.1) is 0 Å². The quantitative estimate of drug-likeness (QED) is 0.725. The molecule has 0 radical (unpaired) electrons.